The molecule has 2 rings (SSSR count). The minimum Gasteiger partial charge on any atom is -0.437 e. The fourth-order valence-corrected chi connectivity index (χ4v) is 1.63. The molecule has 0 N–H and O–H groups in total. The number of nitrogens with zero attached hydrogens (tertiary/aromatic N) is 2. The van der Waals surface area contributed by atoms with Crippen LogP contribution < -0.4 is 4.74 Å². The molecular weight excluding hydrogens is 236 g/mol. The molecule has 0 saturated heterocycles. The molecule has 2 aromatic rings. The Morgan fingerprint density at radius 3 is 2.65 bits per heavy atom. The number of hydrogen-bond acceptors (Lipinski definition) is 3. The summed E-state index contributed by atoms with van der Waals surface area (Å²) in [5.41, 5.74) is 2.84. The molecule has 0 aromatic carbocycles. The molecule has 0 aliphatic heterocycles. The lowest BCUT2D eigenvalue weighted by atomic mass is 10.2. The molecule has 0 aliphatic rings. The highest BCUT2D eigenvalue weighted by molar-refractivity contribution is 6.17. The fraction of sp³-hybridized carbons (Fsp3) is 0.231. The third-order valence-corrected chi connectivity index (χ3v) is 2.56. The summed E-state index contributed by atoms with van der Waals surface area (Å²) in [7, 11) is 0. The van der Waals surface area contributed by atoms with Crippen molar-refractivity contribution in [3.63, 3.8) is 0 Å². The van der Waals surface area contributed by atoms with Crippen LogP contribution in [0.25, 0.3) is 0 Å². The lowest BCUT2D eigenvalue weighted by molar-refractivity contribution is 0.458. The van der Waals surface area contributed by atoms with Crippen LogP contribution >= 0.6 is 11.6 Å². The number of hydrogen-bond donors (Lipinski definition) is 0. The van der Waals surface area contributed by atoms with Crippen LogP contribution in [-0.2, 0) is 5.88 Å². The van der Waals surface area contributed by atoms with Crippen molar-refractivity contribution in [2.45, 2.75) is 19.7 Å². The van der Waals surface area contributed by atoms with Crippen molar-refractivity contribution in [2.75, 3.05) is 0 Å². The van der Waals surface area contributed by atoms with Crippen LogP contribution in [0.2, 0.25) is 0 Å². The molecule has 0 atom stereocenters. The topological polar surface area (TPSA) is 35.0 Å². The Kier molecular flexibility index (Phi) is 3.59. The standard InChI is InChI=1S/C13H13ClN2O/c1-9-3-4-12(8-15-9)17-13-6-11(7-14)5-10(2)16-13/h3-6,8H,7H2,1-2H3. The quantitative estimate of drug-likeness (QED) is 0.778. The first kappa shape index (κ1) is 11.9. The molecule has 0 aliphatic carbocycles. The summed E-state index contributed by atoms with van der Waals surface area (Å²) >= 11 is 5.80. The van der Waals surface area contributed by atoms with Crippen molar-refractivity contribution < 1.29 is 4.74 Å². The number of aryl methyl sites for hydroxylation is 2. The van der Waals surface area contributed by atoms with Gasteiger partial charge in [-0.15, -0.1) is 11.6 Å². The van der Waals surface area contributed by atoms with Gasteiger partial charge in [0.05, 0.1) is 6.20 Å². The zero-order valence-corrected chi connectivity index (χ0v) is 10.5. The van der Waals surface area contributed by atoms with Crippen molar-refractivity contribution in [3.8, 4) is 11.6 Å². The van der Waals surface area contributed by atoms with Gasteiger partial charge in [0.15, 0.2) is 0 Å². The van der Waals surface area contributed by atoms with E-state index in [4.69, 9.17) is 16.3 Å². The lowest BCUT2D eigenvalue weighted by Crippen LogP contribution is -1.93. The summed E-state index contributed by atoms with van der Waals surface area (Å²) in [6.07, 6.45) is 1.68. The number of alkyl halides is 1. The normalized spacial score (nSPS) is 10.3. The number of aromatic nitrogens is 2. The van der Waals surface area contributed by atoms with Gasteiger partial charge in [0.25, 0.3) is 0 Å². The summed E-state index contributed by atoms with van der Waals surface area (Å²) in [5, 5.41) is 0. The van der Waals surface area contributed by atoms with Gasteiger partial charge in [-0.3, -0.25) is 4.98 Å². The first-order chi connectivity index (χ1) is 8.17. The van der Waals surface area contributed by atoms with E-state index < -0.39 is 0 Å². The van der Waals surface area contributed by atoms with Crippen LogP contribution in [0.3, 0.4) is 0 Å². The molecule has 0 radical (unpaired) electrons. The van der Waals surface area contributed by atoms with Crippen molar-refractivity contribution in [1.29, 1.82) is 0 Å². The molecule has 17 heavy (non-hydrogen) atoms. The van der Waals surface area contributed by atoms with E-state index in [2.05, 4.69) is 9.97 Å². The van der Waals surface area contributed by atoms with Gasteiger partial charge in [0, 0.05) is 23.3 Å². The number of pyridine rings is 2. The lowest BCUT2D eigenvalue weighted by Gasteiger charge is -2.07. The molecule has 0 amide bonds. The molecule has 0 saturated carbocycles. The van der Waals surface area contributed by atoms with Gasteiger partial charge in [0.1, 0.15) is 5.75 Å². The van der Waals surface area contributed by atoms with E-state index >= 15 is 0 Å². The average molecular weight is 249 g/mol. The Hall–Kier alpha value is -1.61. The van der Waals surface area contributed by atoms with Gasteiger partial charge in [-0.05, 0) is 37.6 Å². The third-order valence-electron chi connectivity index (χ3n) is 2.25. The maximum absolute atomic E-state index is 5.80. The minimum absolute atomic E-state index is 0.450. The molecule has 0 fully saturated rings. The van der Waals surface area contributed by atoms with Crippen LogP contribution in [-0.4, -0.2) is 9.97 Å². The highest BCUT2D eigenvalue weighted by Crippen LogP contribution is 2.21. The number of halogens is 1. The second-order valence-electron chi connectivity index (χ2n) is 3.83. The summed E-state index contributed by atoms with van der Waals surface area (Å²) in [4.78, 5) is 8.45. The first-order valence-electron chi connectivity index (χ1n) is 5.31. The van der Waals surface area contributed by atoms with Crippen molar-refractivity contribution >= 4 is 11.6 Å². The SMILES string of the molecule is Cc1ccc(Oc2cc(CCl)cc(C)n2)cn1. The molecule has 2 heterocycles. The van der Waals surface area contributed by atoms with Crippen LogP contribution in [0, 0.1) is 13.8 Å². The van der Waals surface area contributed by atoms with Crippen LogP contribution in [0.1, 0.15) is 17.0 Å². The van der Waals surface area contributed by atoms with Gasteiger partial charge in [-0.1, -0.05) is 0 Å². The molecular formula is C13H13ClN2O. The van der Waals surface area contributed by atoms with Crippen molar-refractivity contribution in [1.82, 2.24) is 9.97 Å². The number of rotatable bonds is 3. The zero-order valence-electron chi connectivity index (χ0n) is 9.77. The highest BCUT2D eigenvalue weighted by Gasteiger charge is 2.02. The predicted octanol–water partition coefficient (Wildman–Crippen LogP) is 3.62. The van der Waals surface area contributed by atoms with Crippen LogP contribution in [0.4, 0.5) is 0 Å². The van der Waals surface area contributed by atoms with Gasteiger partial charge in [0.2, 0.25) is 5.88 Å². The first-order valence-corrected chi connectivity index (χ1v) is 5.85. The van der Waals surface area contributed by atoms with Crippen LogP contribution in [0.5, 0.6) is 11.6 Å². The Balaban J connectivity index is 2.23. The molecule has 0 bridgehead atoms. The van der Waals surface area contributed by atoms with Crippen molar-refractivity contribution in [3.05, 3.63) is 47.4 Å². The fourth-order valence-electron chi connectivity index (χ4n) is 1.47. The van der Waals surface area contributed by atoms with Gasteiger partial charge >= 0.3 is 0 Å². The second kappa shape index (κ2) is 5.15. The molecule has 4 heteroatoms. The van der Waals surface area contributed by atoms with E-state index in [0.29, 0.717) is 17.5 Å². The predicted molar refractivity (Wildman–Crippen MR) is 67.6 cm³/mol. The molecule has 0 unspecified atom stereocenters. The Morgan fingerprint density at radius 1 is 1.18 bits per heavy atom. The Bertz CT molecular complexity index is 511. The summed E-state index contributed by atoms with van der Waals surface area (Å²) in [5.74, 6) is 1.67. The smallest absolute Gasteiger partial charge is 0.219 e. The molecule has 2 aromatic heterocycles. The summed E-state index contributed by atoms with van der Waals surface area (Å²) in [6.45, 7) is 3.84. The molecule has 88 valence electrons. The second-order valence-corrected chi connectivity index (χ2v) is 4.09. The maximum Gasteiger partial charge on any atom is 0.219 e. The van der Waals surface area contributed by atoms with E-state index in [1.807, 2.05) is 38.1 Å². The maximum atomic E-state index is 5.80. The van der Waals surface area contributed by atoms with Crippen LogP contribution in [0.15, 0.2) is 30.5 Å². The van der Waals surface area contributed by atoms with E-state index in [0.717, 1.165) is 17.0 Å². The monoisotopic (exact) mass is 248 g/mol. The van der Waals surface area contributed by atoms with E-state index in [9.17, 15) is 0 Å². The minimum atomic E-state index is 0.450. The molecule has 0 spiro atoms. The van der Waals surface area contributed by atoms with E-state index in [1.165, 1.54) is 0 Å². The van der Waals surface area contributed by atoms with Gasteiger partial charge in [-0.2, -0.15) is 0 Å². The number of ether oxygens (including phenoxy) is 1. The summed E-state index contributed by atoms with van der Waals surface area (Å²) < 4.78 is 5.62. The van der Waals surface area contributed by atoms with Crippen molar-refractivity contribution in [2.24, 2.45) is 0 Å². The Labute approximate surface area is 105 Å². The van der Waals surface area contributed by atoms with E-state index in [1.54, 1.807) is 6.20 Å². The van der Waals surface area contributed by atoms with Gasteiger partial charge < -0.3 is 4.74 Å². The van der Waals surface area contributed by atoms with Gasteiger partial charge in [-0.25, -0.2) is 4.98 Å². The highest BCUT2D eigenvalue weighted by atomic mass is 35.5. The molecule has 3 nitrogen and oxygen atoms in total. The summed E-state index contributed by atoms with van der Waals surface area (Å²) in [6, 6.07) is 7.54. The average Bonchev–Trinajstić information content (AvgIpc) is 2.31. The third kappa shape index (κ3) is 3.17. The largest absolute Gasteiger partial charge is 0.437 e. The Morgan fingerprint density at radius 2 is 2.00 bits per heavy atom. The zero-order chi connectivity index (χ0) is 12.3. The van der Waals surface area contributed by atoms with E-state index in [-0.39, 0.29) is 0 Å².